The fourth-order valence-corrected chi connectivity index (χ4v) is 5.94. The summed E-state index contributed by atoms with van der Waals surface area (Å²) in [7, 11) is 0. The molecule has 1 aliphatic carbocycles. The number of pyridine rings is 1. The average molecular weight is 512 g/mol. The van der Waals surface area contributed by atoms with Crippen LogP contribution in [-0.2, 0) is 0 Å². The summed E-state index contributed by atoms with van der Waals surface area (Å²) in [6, 6.07) is 17.3. The third kappa shape index (κ3) is 3.99. The molecule has 1 saturated heterocycles. The standard InChI is InChI=1S/C29H28ClN6O/c30-24-15-20-7-8-27(37-22-5-2-1-3-6-22)33-25(20)16-23(24)29-34-28(26-17-32-9-12-36(26,29)31)21-13-19(14-21)18-35-10-4-11-35/h1-3,5-9,12,15-17,19,21H,4,10-11,13-14,18,31H2/q+1. The highest BCUT2D eigenvalue weighted by Crippen LogP contribution is 2.46. The number of halogens is 1. The molecule has 7 rings (SSSR count). The Bertz CT molecular complexity index is 1500. The minimum Gasteiger partial charge on any atom is -0.439 e. The number of benzene rings is 2. The fraction of sp³-hybridized carbons (Fsp3) is 0.276. The molecule has 1 atom stereocenters. The number of aromatic nitrogens is 1. The van der Waals surface area contributed by atoms with E-state index in [1.807, 2.05) is 67.0 Å². The van der Waals surface area contributed by atoms with Crippen LogP contribution in [0, 0.1) is 11.8 Å². The van der Waals surface area contributed by atoms with Gasteiger partial charge < -0.3 is 9.64 Å². The van der Waals surface area contributed by atoms with Gasteiger partial charge in [-0.2, -0.15) is 10.8 Å². The molecule has 0 radical (unpaired) electrons. The number of likely N-dealkylation sites (tertiary alicyclic amines) is 1. The molecule has 1 aromatic heterocycles. The number of para-hydroxylation sites is 1. The minimum absolute atomic E-state index is 0.0302. The zero-order chi connectivity index (χ0) is 25.0. The van der Waals surface area contributed by atoms with E-state index in [0.717, 1.165) is 52.4 Å². The summed E-state index contributed by atoms with van der Waals surface area (Å²) < 4.78 is 5.93. The largest absolute Gasteiger partial charge is 0.439 e. The molecule has 3 aliphatic heterocycles. The molecular formula is C29H28ClN6O+. The molecule has 7 nitrogen and oxygen atoms in total. The van der Waals surface area contributed by atoms with Crippen molar-refractivity contribution >= 4 is 34.6 Å². The van der Waals surface area contributed by atoms with Gasteiger partial charge in [-0.1, -0.05) is 29.8 Å². The van der Waals surface area contributed by atoms with Crippen LogP contribution in [0.3, 0.4) is 0 Å². The van der Waals surface area contributed by atoms with E-state index in [2.05, 4.69) is 9.89 Å². The van der Waals surface area contributed by atoms with Crippen LogP contribution < -0.4 is 10.6 Å². The number of hydrogen-bond donors (Lipinski definition) is 1. The summed E-state index contributed by atoms with van der Waals surface area (Å²) in [5, 5.41) is 1.52. The summed E-state index contributed by atoms with van der Waals surface area (Å²) in [6.45, 7) is 3.68. The lowest BCUT2D eigenvalue weighted by Crippen LogP contribution is -2.53. The van der Waals surface area contributed by atoms with Gasteiger partial charge in [0.2, 0.25) is 11.6 Å². The van der Waals surface area contributed by atoms with Crippen molar-refractivity contribution < 1.29 is 9.33 Å². The summed E-state index contributed by atoms with van der Waals surface area (Å²) in [5.74, 6) is 10.1. The Kier molecular flexibility index (Phi) is 5.48. The molecule has 37 heavy (non-hydrogen) atoms. The SMILES string of the molecule is N[N+]12C=CN=CC1=C(C1CC(CN3CCC3)C1)N=C2c1cc2nc(Oc3ccccc3)ccc2cc1Cl. The first-order valence-corrected chi connectivity index (χ1v) is 13.2. The van der Waals surface area contributed by atoms with E-state index in [0.29, 0.717) is 22.7 Å². The van der Waals surface area contributed by atoms with E-state index in [4.69, 9.17) is 32.2 Å². The van der Waals surface area contributed by atoms with Crippen LogP contribution in [0.4, 0.5) is 0 Å². The molecule has 1 saturated carbocycles. The van der Waals surface area contributed by atoms with Crippen LogP contribution in [0.15, 0.2) is 88.4 Å². The van der Waals surface area contributed by atoms with Gasteiger partial charge in [0.15, 0.2) is 0 Å². The lowest BCUT2D eigenvalue weighted by molar-refractivity contribution is -0.750. The zero-order valence-electron chi connectivity index (χ0n) is 20.4. The molecular weight excluding hydrogens is 484 g/mol. The van der Waals surface area contributed by atoms with Gasteiger partial charge in [-0.05, 0) is 68.6 Å². The van der Waals surface area contributed by atoms with Crippen LogP contribution in [0.2, 0.25) is 5.02 Å². The van der Waals surface area contributed by atoms with E-state index in [-0.39, 0.29) is 4.59 Å². The molecule has 3 aromatic rings. The van der Waals surface area contributed by atoms with Gasteiger partial charge in [-0.3, -0.25) is 4.99 Å². The summed E-state index contributed by atoms with van der Waals surface area (Å²) in [5.41, 5.74) is 3.50. The third-order valence-electron chi connectivity index (χ3n) is 7.87. The summed E-state index contributed by atoms with van der Waals surface area (Å²) in [4.78, 5) is 16.8. The second kappa shape index (κ2) is 8.89. The molecule has 0 spiro atoms. The highest BCUT2D eigenvalue weighted by Gasteiger charge is 2.48. The van der Waals surface area contributed by atoms with E-state index in [1.54, 1.807) is 6.20 Å². The highest BCUT2D eigenvalue weighted by atomic mass is 35.5. The van der Waals surface area contributed by atoms with E-state index in [9.17, 15) is 0 Å². The van der Waals surface area contributed by atoms with Gasteiger partial charge in [-0.15, -0.1) is 4.59 Å². The smallest absolute Gasteiger partial charge is 0.266 e. The monoisotopic (exact) mass is 511 g/mol. The van der Waals surface area contributed by atoms with E-state index in [1.165, 1.54) is 26.1 Å². The summed E-state index contributed by atoms with van der Waals surface area (Å²) in [6.07, 6.45) is 9.06. The quantitative estimate of drug-likeness (QED) is 0.344. The zero-order valence-corrected chi connectivity index (χ0v) is 21.2. The van der Waals surface area contributed by atoms with Crippen molar-refractivity contribution in [1.82, 2.24) is 9.88 Å². The predicted molar refractivity (Wildman–Crippen MR) is 146 cm³/mol. The van der Waals surface area contributed by atoms with Gasteiger partial charge in [0.05, 0.1) is 28.5 Å². The number of fused-ring (bicyclic) bond motifs is 2. The minimum atomic E-state index is -0.0302. The molecule has 4 aliphatic rings. The molecule has 1 unspecified atom stereocenters. The molecule has 2 fully saturated rings. The first-order valence-electron chi connectivity index (χ1n) is 12.8. The molecule has 2 aromatic carbocycles. The number of hydrogen-bond acceptors (Lipinski definition) is 6. The number of amidine groups is 1. The Balaban J connectivity index is 1.22. The molecule has 8 heteroatoms. The normalized spacial score (nSPS) is 26.6. The molecule has 2 N–H and O–H groups in total. The van der Waals surface area contributed by atoms with Gasteiger partial charge in [0, 0.05) is 23.9 Å². The number of rotatable bonds is 6. The second-order valence-electron chi connectivity index (χ2n) is 10.3. The fourth-order valence-electron chi connectivity index (χ4n) is 5.69. The van der Waals surface area contributed by atoms with Crippen LogP contribution >= 0.6 is 11.6 Å². The maximum Gasteiger partial charge on any atom is 0.266 e. The van der Waals surface area contributed by atoms with Crippen molar-refractivity contribution in [2.75, 3.05) is 19.6 Å². The van der Waals surface area contributed by atoms with Crippen LogP contribution in [0.5, 0.6) is 11.6 Å². The number of quaternary nitrogens is 1. The topological polar surface area (TPSA) is 76.1 Å². The van der Waals surface area contributed by atoms with Crippen molar-refractivity contribution in [2.45, 2.75) is 19.3 Å². The molecule has 0 amide bonds. The van der Waals surface area contributed by atoms with Crippen LogP contribution in [-0.4, -0.2) is 46.2 Å². The third-order valence-corrected chi connectivity index (χ3v) is 8.18. The number of ether oxygens (including phenoxy) is 1. The first kappa shape index (κ1) is 22.8. The van der Waals surface area contributed by atoms with Crippen LogP contribution in [0.1, 0.15) is 24.8 Å². The average Bonchev–Trinajstić information content (AvgIpc) is 3.15. The molecule has 4 heterocycles. The number of nitrogens with zero attached hydrogens (tertiary/aromatic N) is 5. The van der Waals surface area contributed by atoms with E-state index < -0.39 is 0 Å². The van der Waals surface area contributed by atoms with Crippen molar-refractivity contribution in [3.05, 3.63) is 89.0 Å². The van der Waals surface area contributed by atoms with Crippen molar-refractivity contribution in [1.29, 1.82) is 0 Å². The number of nitrogens with two attached hydrogens (primary N) is 1. The Labute approximate surface area is 220 Å². The summed E-state index contributed by atoms with van der Waals surface area (Å²) >= 11 is 6.84. The number of aliphatic imine (C=N–C) groups is 2. The maximum absolute atomic E-state index is 7.00. The van der Waals surface area contributed by atoms with Crippen molar-refractivity contribution in [3.8, 4) is 11.6 Å². The maximum atomic E-state index is 7.00. The van der Waals surface area contributed by atoms with E-state index >= 15 is 0 Å². The Morgan fingerprint density at radius 3 is 2.70 bits per heavy atom. The molecule has 0 bridgehead atoms. The second-order valence-corrected chi connectivity index (χ2v) is 10.7. The Morgan fingerprint density at radius 1 is 1.08 bits per heavy atom. The Hall–Kier alpha value is -3.36. The lowest BCUT2D eigenvalue weighted by Gasteiger charge is -2.41. The van der Waals surface area contributed by atoms with Gasteiger partial charge in [-0.25, -0.2) is 4.98 Å². The first-order chi connectivity index (χ1) is 18.1. The van der Waals surface area contributed by atoms with Crippen LogP contribution in [0.25, 0.3) is 10.9 Å². The highest BCUT2D eigenvalue weighted by molar-refractivity contribution is 6.34. The number of allylic oxidation sites excluding steroid dienone is 2. The van der Waals surface area contributed by atoms with Gasteiger partial charge >= 0.3 is 0 Å². The van der Waals surface area contributed by atoms with Gasteiger partial charge in [0.1, 0.15) is 17.6 Å². The van der Waals surface area contributed by atoms with Gasteiger partial charge in [0.25, 0.3) is 5.84 Å². The lowest BCUT2D eigenvalue weighted by atomic mass is 9.72. The molecule has 186 valence electrons. The van der Waals surface area contributed by atoms with Crippen molar-refractivity contribution in [2.24, 2.45) is 27.7 Å². The Morgan fingerprint density at radius 2 is 1.92 bits per heavy atom. The van der Waals surface area contributed by atoms with Crippen molar-refractivity contribution in [3.63, 3.8) is 0 Å². The predicted octanol–water partition coefficient (Wildman–Crippen LogP) is 5.63.